The maximum Gasteiger partial charge on any atom is 0.239 e. The van der Waals surface area contributed by atoms with Crippen molar-refractivity contribution in [3.05, 3.63) is 35.4 Å². The molecule has 2 amide bonds. The van der Waals surface area contributed by atoms with Crippen LogP contribution in [0, 0.1) is 6.92 Å². The smallest absolute Gasteiger partial charge is 0.239 e. The standard InChI is InChI=1S/C18H25N3O2/c1-13-4-2-5-14(10-13)12-21-9-3-6-16(21)18(23)19-11-17(22)20-15-7-8-15/h2,4-5,10,15-16H,3,6-9,11-12H2,1H3,(H,19,23)(H,20,22). The van der Waals surface area contributed by atoms with Crippen LogP contribution in [0.4, 0.5) is 0 Å². The Morgan fingerprint density at radius 3 is 2.83 bits per heavy atom. The molecule has 5 nitrogen and oxygen atoms in total. The molecular formula is C18H25N3O2. The van der Waals surface area contributed by atoms with Crippen LogP contribution in [0.25, 0.3) is 0 Å². The van der Waals surface area contributed by atoms with Crippen LogP contribution in [-0.2, 0) is 16.1 Å². The monoisotopic (exact) mass is 315 g/mol. The van der Waals surface area contributed by atoms with Crippen molar-refractivity contribution in [3.8, 4) is 0 Å². The topological polar surface area (TPSA) is 61.4 Å². The van der Waals surface area contributed by atoms with Gasteiger partial charge in [-0.1, -0.05) is 29.8 Å². The van der Waals surface area contributed by atoms with Crippen LogP contribution < -0.4 is 10.6 Å². The number of carbonyl (C=O) groups is 2. The number of aryl methyl sites for hydroxylation is 1. The van der Waals surface area contributed by atoms with Gasteiger partial charge in [0.25, 0.3) is 0 Å². The number of carbonyl (C=O) groups excluding carboxylic acids is 2. The van der Waals surface area contributed by atoms with Gasteiger partial charge < -0.3 is 10.6 Å². The molecule has 0 radical (unpaired) electrons. The summed E-state index contributed by atoms with van der Waals surface area (Å²) in [4.78, 5) is 26.3. The van der Waals surface area contributed by atoms with Crippen LogP contribution >= 0.6 is 0 Å². The van der Waals surface area contributed by atoms with Crippen LogP contribution in [0.2, 0.25) is 0 Å². The van der Waals surface area contributed by atoms with Gasteiger partial charge in [0.1, 0.15) is 0 Å². The summed E-state index contributed by atoms with van der Waals surface area (Å²) >= 11 is 0. The molecule has 5 heteroatoms. The predicted octanol–water partition coefficient (Wildman–Crippen LogP) is 1.35. The fourth-order valence-corrected chi connectivity index (χ4v) is 3.15. The summed E-state index contributed by atoms with van der Waals surface area (Å²) in [7, 11) is 0. The van der Waals surface area contributed by atoms with E-state index in [2.05, 4.69) is 46.7 Å². The number of nitrogens with zero attached hydrogens (tertiary/aromatic N) is 1. The summed E-state index contributed by atoms with van der Waals surface area (Å²) in [5.41, 5.74) is 2.47. The lowest BCUT2D eigenvalue weighted by molar-refractivity contribution is -0.129. The van der Waals surface area contributed by atoms with E-state index in [4.69, 9.17) is 0 Å². The van der Waals surface area contributed by atoms with Crippen LogP contribution in [0.5, 0.6) is 0 Å². The minimum Gasteiger partial charge on any atom is -0.352 e. The molecule has 1 aromatic rings. The molecular weight excluding hydrogens is 290 g/mol. The second-order valence-electron chi connectivity index (χ2n) is 6.68. The van der Waals surface area contributed by atoms with Gasteiger partial charge in [0.15, 0.2) is 0 Å². The Balaban J connectivity index is 1.50. The van der Waals surface area contributed by atoms with Crippen molar-refractivity contribution in [3.63, 3.8) is 0 Å². The van der Waals surface area contributed by atoms with E-state index < -0.39 is 0 Å². The SMILES string of the molecule is Cc1cccc(CN2CCCC2C(=O)NCC(=O)NC2CC2)c1. The Morgan fingerprint density at radius 1 is 1.26 bits per heavy atom. The second-order valence-corrected chi connectivity index (χ2v) is 6.68. The van der Waals surface area contributed by atoms with E-state index in [-0.39, 0.29) is 24.4 Å². The van der Waals surface area contributed by atoms with Gasteiger partial charge in [-0.05, 0) is 44.7 Å². The van der Waals surface area contributed by atoms with Crippen LogP contribution in [0.1, 0.15) is 36.8 Å². The lowest BCUT2D eigenvalue weighted by atomic mass is 10.1. The molecule has 124 valence electrons. The summed E-state index contributed by atoms with van der Waals surface area (Å²) < 4.78 is 0. The van der Waals surface area contributed by atoms with Crippen molar-refractivity contribution in [1.29, 1.82) is 0 Å². The third-order valence-electron chi connectivity index (χ3n) is 4.50. The minimum absolute atomic E-state index is 0.0268. The number of amides is 2. The molecule has 0 spiro atoms. The van der Waals surface area contributed by atoms with Gasteiger partial charge in [0.05, 0.1) is 12.6 Å². The first kappa shape index (κ1) is 16.0. The van der Waals surface area contributed by atoms with Crippen LogP contribution in [-0.4, -0.2) is 41.9 Å². The molecule has 1 atom stereocenters. The highest BCUT2D eigenvalue weighted by Gasteiger charge is 2.31. The van der Waals surface area contributed by atoms with Crippen molar-refractivity contribution < 1.29 is 9.59 Å². The van der Waals surface area contributed by atoms with Crippen LogP contribution in [0.15, 0.2) is 24.3 Å². The van der Waals surface area contributed by atoms with E-state index in [1.165, 1.54) is 11.1 Å². The lowest BCUT2D eigenvalue weighted by Gasteiger charge is -2.23. The van der Waals surface area contributed by atoms with Gasteiger partial charge in [-0.25, -0.2) is 0 Å². The molecule has 1 aliphatic carbocycles. The van der Waals surface area contributed by atoms with Crippen molar-refractivity contribution in [2.24, 2.45) is 0 Å². The number of hydrogen-bond donors (Lipinski definition) is 2. The van der Waals surface area contributed by atoms with Gasteiger partial charge in [-0.15, -0.1) is 0 Å². The molecule has 1 aliphatic heterocycles. The Labute approximate surface area is 137 Å². The molecule has 2 aliphatic rings. The third-order valence-corrected chi connectivity index (χ3v) is 4.50. The van der Waals surface area contributed by atoms with Gasteiger partial charge in [0.2, 0.25) is 11.8 Å². The Bertz CT molecular complexity index is 583. The van der Waals surface area contributed by atoms with Crippen molar-refractivity contribution in [1.82, 2.24) is 15.5 Å². The molecule has 1 heterocycles. The number of rotatable bonds is 6. The number of likely N-dealkylation sites (tertiary alicyclic amines) is 1. The number of hydrogen-bond acceptors (Lipinski definition) is 3. The van der Waals surface area contributed by atoms with Gasteiger partial charge >= 0.3 is 0 Å². The van der Waals surface area contributed by atoms with Crippen molar-refractivity contribution in [2.75, 3.05) is 13.1 Å². The second kappa shape index (κ2) is 7.13. The van der Waals surface area contributed by atoms with Crippen molar-refractivity contribution in [2.45, 2.75) is 51.2 Å². The summed E-state index contributed by atoms with van der Waals surface area (Å²) in [5, 5.41) is 5.68. The zero-order valence-electron chi connectivity index (χ0n) is 13.7. The maximum atomic E-state index is 12.4. The summed E-state index contributed by atoms with van der Waals surface area (Å²) in [6.07, 6.45) is 4.01. The average Bonchev–Trinajstić information content (AvgIpc) is 3.21. The number of nitrogens with one attached hydrogen (secondary N) is 2. The lowest BCUT2D eigenvalue weighted by Crippen LogP contribution is -2.46. The first-order valence-electron chi connectivity index (χ1n) is 8.48. The fourth-order valence-electron chi connectivity index (χ4n) is 3.15. The zero-order valence-corrected chi connectivity index (χ0v) is 13.7. The van der Waals surface area contributed by atoms with E-state index >= 15 is 0 Å². The first-order chi connectivity index (χ1) is 11.1. The molecule has 0 aromatic heterocycles. The number of benzene rings is 1. The Morgan fingerprint density at radius 2 is 2.09 bits per heavy atom. The molecule has 1 saturated carbocycles. The molecule has 1 saturated heterocycles. The third kappa shape index (κ3) is 4.55. The largest absolute Gasteiger partial charge is 0.352 e. The molecule has 2 fully saturated rings. The quantitative estimate of drug-likeness (QED) is 0.833. The van der Waals surface area contributed by atoms with Crippen molar-refractivity contribution >= 4 is 11.8 Å². The minimum atomic E-state index is -0.121. The predicted molar refractivity (Wildman–Crippen MR) is 88.8 cm³/mol. The molecule has 1 aromatic carbocycles. The van der Waals surface area contributed by atoms with E-state index in [1.54, 1.807) is 0 Å². The molecule has 1 unspecified atom stereocenters. The summed E-state index contributed by atoms with van der Waals surface area (Å²) in [6.45, 7) is 3.88. The molecule has 23 heavy (non-hydrogen) atoms. The van der Waals surface area contributed by atoms with Crippen LogP contribution in [0.3, 0.4) is 0 Å². The first-order valence-corrected chi connectivity index (χ1v) is 8.48. The Kier molecular flexibility index (Phi) is 4.96. The highest BCUT2D eigenvalue weighted by atomic mass is 16.2. The maximum absolute atomic E-state index is 12.4. The van der Waals surface area contributed by atoms with Gasteiger partial charge in [-0.2, -0.15) is 0 Å². The van der Waals surface area contributed by atoms with E-state index in [1.807, 2.05) is 0 Å². The van der Waals surface area contributed by atoms with E-state index in [0.29, 0.717) is 6.04 Å². The summed E-state index contributed by atoms with van der Waals surface area (Å²) in [5.74, 6) is -0.106. The fraction of sp³-hybridized carbons (Fsp3) is 0.556. The normalized spacial score (nSPS) is 21.2. The highest BCUT2D eigenvalue weighted by molar-refractivity contribution is 5.87. The van der Waals surface area contributed by atoms with E-state index in [0.717, 1.165) is 38.8 Å². The Hall–Kier alpha value is -1.88. The highest BCUT2D eigenvalue weighted by Crippen LogP contribution is 2.21. The van der Waals surface area contributed by atoms with E-state index in [9.17, 15) is 9.59 Å². The average molecular weight is 315 g/mol. The van der Waals surface area contributed by atoms with Gasteiger partial charge in [-0.3, -0.25) is 14.5 Å². The molecule has 0 bridgehead atoms. The molecule has 2 N–H and O–H groups in total. The van der Waals surface area contributed by atoms with Gasteiger partial charge in [0, 0.05) is 12.6 Å². The summed E-state index contributed by atoms with van der Waals surface area (Å²) in [6, 6.07) is 8.61. The zero-order chi connectivity index (χ0) is 16.2. The molecule has 3 rings (SSSR count).